The Hall–Kier alpha value is -3.17. The number of benzene rings is 1. The Labute approximate surface area is 206 Å². The van der Waals surface area contributed by atoms with Crippen LogP contribution in [-0.4, -0.2) is 85.0 Å². The van der Waals surface area contributed by atoms with Crippen LogP contribution in [0, 0.1) is 12.8 Å². The molecule has 2 fully saturated rings. The summed E-state index contributed by atoms with van der Waals surface area (Å²) in [6.45, 7) is 8.69. The number of hydrogen-bond acceptors (Lipinski definition) is 7. The molecular weight excluding hydrogens is 444 g/mol. The predicted octanol–water partition coefficient (Wildman–Crippen LogP) is 2.38. The van der Waals surface area contributed by atoms with Gasteiger partial charge in [0.1, 0.15) is 11.6 Å². The van der Waals surface area contributed by atoms with E-state index in [4.69, 9.17) is 19.6 Å². The van der Waals surface area contributed by atoms with Crippen molar-refractivity contribution in [1.82, 2.24) is 24.8 Å². The molecule has 5 rings (SSSR count). The Morgan fingerprint density at radius 1 is 1.11 bits per heavy atom. The highest BCUT2D eigenvalue weighted by Crippen LogP contribution is 2.28. The fourth-order valence-electron chi connectivity index (χ4n) is 4.89. The number of piperidine rings is 1. The molecule has 0 saturated carbocycles. The Morgan fingerprint density at radius 3 is 2.57 bits per heavy atom. The molecule has 0 bridgehead atoms. The molecule has 0 spiro atoms. The van der Waals surface area contributed by atoms with Crippen LogP contribution in [0.5, 0.6) is 5.75 Å². The summed E-state index contributed by atoms with van der Waals surface area (Å²) >= 11 is 0. The second-order valence-electron chi connectivity index (χ2n) is 9.29. The standard InChI is InChI=1S/C26H34N6O3/c1-19-17-25(32-24(28-19)18-23(29-32)20-3-5-22(34-2)6-4-20)31-10-7-21(8-11-31)26(33)27-9-12-30-13-15-35-16-14-30/h3-6,17-18,21H,7-16H2,1-2H3,(H,27,33). The number of methoxy groups -OCH3 is 1. The van der Waals surface area contributed by atoms with Crippen LogP contribution in [-0.2, 0) is 9.53 Å². The number of rotatable bonds is 7. The van der Waals surface area contributed by atoms with Crippen molar-refractivity contribution in [2.45, 2.75) is 19.8 Å². The molecule has 1 amide bonds. The number of fused-ring (bicyclic) bond motifs is 1. The molecular formula is C26H34N6O3. The first-order valence-corrected chi connectivity index (χ1v) is 12.5. The molecule has 2 aliphatic heterocycles. The minimum absolute atomic E-state index is 0.0573. The highest BCUT2D eigenvalue weighted by atomic mass is 16.5. The van der Waals surface area contributed by atoms with Crippen LogP contribution in [0.4, 0.5) is 5.82 Å². The van der Waals surface area contributed by atoms with Gasteiger partial charge in [0.15, 0.2) is 5.65 Å². The summed E-state index contributed by atoms with van der Waals surface area (Å²) < 4.78 is 12.6. The summed E-state index contributed by atoms with van der Waals surface area (Å²) in [4.78, 5) is 22.1. The third-order valence-electron chi connectivity index (χ3n) is 6.94. The van der Waals surface area contributed by atoms with Crippen molar-refractivity contribution in [3.8, 4) is 17.0 Å². The molecule has 0 unspecified atom stereocenters. The van der Waals surface area contributed by atoms with E-state index in [9.17, 15) is 4.79 Å². The zero-order valence-corrected chi connectivity index (χ0v) is 20.6. The number of ether oxygens (including phenoxy) is 2. The van der Waals surface area contributed by atoms with Crippen LogP contribution in [0.3, 0.4) is 0 Å². The molecule has 0 radical (unpaired) electrons. The Balaban J connectivity index is 1.22. The molecule has 9 heteroatoms. The highest BCUT2D eigenvalue weighted by molar-refractivity contribution is 5.79. The fraction of sp³-hybridized carbons (Fsp3) is 0.500. The molecule has 4 heterocycles. The topological polar surface area (TPSA) is 84.2 Å². The zero-order chi connectivity index (χ0) is 24.2. The second-order valence-corrected chi connectivity index (χ2v) is 9.29. The number of nitrogens with zero attached hydrogens (tertiary/aromatic N) is 5. The Bertz CT molecular complexity index is 1150. The van der Waals surface area contributed by atoms with Crippen molar-refractivity contribution >= 4 is 17.4 Å². The quantitative estimate of drug-likeness (QED) is 0.558. The van der Waals surface area contributed by atoms with Gasteiger partial charge in [0, 0.05) is 68.6 Å². The number of amides is 1. The number of nitrogens with one attached hydrogen (secondary N) is 1. The van der Waals surface area contributed by atoms with Gasteiger partial charge in [-0.25, -0.2) is 4.98 Å². The average Bonchev–Trinajstić information content (AvgIpc) is 3.33. The van der Waals surface area contributed by atoms with Crippen LogP contribution >= 0.6 is 0 Å². The van der Waals surface area contributed by atoms with Gasteiger partial charge in [-0.15, -0.1) is 0 Å². The number of carbonyl (C=O) groups is 1. The summed E-state index contributed by atoms with van der Waals surface area (Å²) in [5.74, 6) is 2.08. The third-order valence-corrected chi connectivity index (χ3v) is 6.94. The molecule has 0 atom stereocenters. The molecule has 2 saturated heterocycles. The normalized spacial score (nSPS) is 17.6. The molecule has 2 aromatic heterocycles. The molecule has 9 nitrogen and oxygen atoms in total. The van der Waals surface area contributed by atoms with Gasteiger partial charge >= 0.3 is 0 Å². The summed E-state index contributed by atoms with van der Waals surface area (Å²) in [6, 6.07) is 12.0. The maximum absolute atomic E-state index is 12.7. The van der Waals surface area contributed by atoms with Gasteiger partial charge in [-0.2, -0.15) is 9.61 Å². The lowest BCUT2D eigenvalue weighted by atomic mass is 9.96. The van der Waals surface area contributed by atoms with E-state index >= 15 is 0 Å². The third kappa shape index (κ3) is 5.41. The zero-order valence-electron chi connectivity index (χ0n) is 20.6. The largest absolute Gasteiger partial charge is 0.497 e. The van der Waals surface area contributed by atoms with E-state index in [1.807, 2.05) is 41.8 Å². The van der Waals surface area contributed by atoms with E-state index in [0.717, 1.165) is 92.9 Å². The molecule has 35 heavy (non-hydrogen) atoms. The van der Waals surface area contributed by atoms with Gasteiger partial charge < -0.3 is 19.7 Å². The van der Waals surface area contributed by atoms with Crippen molar-refractivity contribution in [2.75, 3.05) is 64.5 Å². The molecule has 2 aliphatic rings. The maximum Gasteiger partial charge on any atom is 0.223 e. The molecule has 1 aromatic carbocycles. The fourth-order valence-corrected chi connectivity index (χ4v) is 4.89. The van der Waals surface area contributed by atoms with Gasteiger partial charge in [0.05, 0.1) is 26.0 Å². The van der Waals surface area contributed by atoms with E-state index in [2.05, 4.69) is 21.2 Å². The Kier molecular flexibility index (Phi) is 7.15. The molecule has 186 valence electrons. The van der Waals surface area contributed by atoms with Gasteiger partial charge in [-0.05, 0) is 44.0 Å². The van der Waals surface area contributed by atoms with Crippen molar-refractivity contribution < 1.29 is 14.3 Å². The first kappa shape index (κ1) is 23.6. The van der Waals surface area contributed by atoms with Gasteiger partial charge in [-0.3, -0.25) is 9.69 Å². The van der Waals surface area contributed by atoms with Crippen LogP contribution < -0.4 is 15.0 Å². The smallest absolute Gasteiger partial charge is 0.223 e. The maximum atomic E-state index is 12.7. The summed E-state index contributed by atoms with van der Waals surface area (Å²) in [6.07, 6.45) is 1.66. The van der Waals surface area contributed by atoms with Gasteiger partial charge in [0.25, 0.3) is 0 Å². The lowest BCUT2D eigenvalue weighted by Crippen LogP contribution is -2.44. The predicted molar refractivity (Wildman–Crippen MR) is 135 cm³/mol. The molecule has 0 aliphatic carbocycles. The van der Waals surface area contributed by atoms with E-state index < -0.39 is 0 Å². The van der Waals surface area contributed by atoms with Crippen molar-refractivity contribution in [1.29, 1.82) is 0 Å². The van der Waals surface area contributed by atoms with Gasteiger partial charge in [-0.1, -0.05) is 0 Å². The Morgan fingerprint density at radius 2 is 1.86 bits per heavy atom. The van der Waals surface area contributed by atoms with Crippen LogP contribution in [0.15, 0.2) is 36.4 Å². The summed E-state index contributed by atoms with van der Waals surface area (Å²) in [5, 5.41) is 8.02. The lowest BCUT2D eigenvalue weighted by molar-refractivity contribution is -0.125. The van der Waals surface area contributed by atoms with E-state index in [1.54, 1.807) is 7.11 Å². The van der Waals surface area contributed by atoms with Crippen LogP contribution in [0.2, 0.25) is 0 Å². The molecule has 1 N–H and O–H groups in total. The van der Waals surface area contributed by atoms with Crippen molar-refractivity contribution in [3.63, 3.8) is 0 Å². The van der Waals surface area contributed by atoms with Gasteiger partial charge in [0.2, 0.25) is 5.91 Å². The first-order chi connectivity index (χ1) is 17.1. The molecule has 3 aromatic rings. The number of hydrogen-bond donors (Lipinski definition) is 1. The van der Waals surface area contributed by atoms with Crippen LogP contribution in [0.25, 0.3) is 16.9 Å². The van der Waals surface area contributed by atoms with E-state index in [-0.39, 0.29) is 11.8 Å². The number of anilines is 1. The van der Waals surface area contributed by atoms with Crippen molar-refractivity contribution in [2.24, 2.45) is 5.92 Å². The van der Waals surface area contributed by atoms with Crippen molar-refractivity contribution in [3.05, 3.63) is 42.1 Å². The minimum atomic E-state index is 0.0573. The highest BCUT2D eigenvalue weighted by Gasteiger charge is 2.27. The monoisotopic (exact) mass is 478 g/mol. The average molecular weight is 479 g/mol. The van der Waals surface area contributed by atoms with Crippen LogP contribution in [0.1, 0.15) is 18.5 Å². The number of aryl methyl sites for hydroxylation is 1. The lowest BCUT2D eigenvalue weighted by Gasteiger charge is -2.33. The number of carbonyl (C=O) groups excluding carboxylic acids is 1. The van der Waals surface area contributed by atoms with E-state index in [0.29, 0.717) is 6.54 Å². The minimum Gasteiger partial charge on any atom is -0.497 e. The second kappa shape index (κ2) is 10.6. The summed E-state index contributed by atoms with van der Waals surface area (Å²) in [7, 11) is 1.66. The first-order valence-electron chi connectivity index (χ1n) is 12.5. The number of aromatic nitrogens is 3. The van der Waals surface area contributed by atoms with E-state index in [1.165, 1.54) is 0 Å². The summed E-state index contributed by atoms with van der Waals surface area (Å²) in [5.41, 5.74) is 3.68. The SMILES string of the molecule is COc1ccc(-c2cc3nc(C)cc(N4CCC(C(=O)NCCN5CCOCC5)CC4)n3n2)cc1. The number of morpholine rings is 1.